The van der Waals surface area contributed by atoms with Gasteiger partial charge in [0, 0.05) is 24.8 Å². The number of allylic oxidation sites excluding steroid dienone is 1. The molecule has 0 saturated carbocycles. The molecule has 0 fully saturated rings. The van der Waals surface area contributed by atoms with Crippen LogP contribution in [0.5, 0.6) is 0 Å². The van der Waals surface area contributed by atoms with Crippen LogP contribution in [0.2, 0.25) is 0 Å². The van der Waals surface area contributed by atoms with Gasteiger partial charge in [-0.2, -0.15) is 5.10 Å². The van der Waals surface area contributed by atoms with Crippen molar-refractivity contribution in [1.29, 1.82) is 0 Å². The van der Waals surface area contributed by atoms with Gasteiger partial charge in [0.15, 0.2) is 0 Å². The van der Waals surface area contributed by atoms with Crippen LogP contribution in [0.3, 0.4) is 0 Å². The molecule has 60 valence electrons. The molecule has 0 aliphatic heterocycles. The third-order valence-corrected chi connectivity index (χ3v) is 0.790. The molecule has 0 bridgehead atoms. The lowest BCUT2D eigenvalue weighted by Crippen LogP contribution is -1.53. The van der Waals surface area contributed by atoms with Gasteiger partial charge in [-0.25, -0.2) is 0 Å². The number of rotatable bonds is 1. The molecule has 1 rings (SSSR count). The minimum atomic E-state index is 1.69. The summed E-state index contributed by atoms with van der Waals surface area (Å²) < 4.78 is 0. The number of hydrogen-bond donors (Lipinski definition) is 1. The van der Waals surface area contributed by atoms with Gasteiger partial charge in [0.2, 0.25) is 0 Å². The largest absolute Gasteiger partial charge is 0.286 e. The van der Waals surface area contributed by atoms with Crippen molar-refractivity contribution in [2.24, 2.45) is 4.99 Å². The van der Waals surface area contributed by atoms with Crippen LogP contribution >= 0.6 is 0 Å². The molecule has 0 aromatic carbocycles. The summed E-state index contributed by atoms with van der Waals surface area (Å²) in [7, 11) is 0. The first-order valence-electron chi connectivity index (χ1n) is 3.44. The highest BCUT2D eigenvalue weighted by molar-refractivity contribution is 5.54. The summed E-state index contributed by atoms with van der Waals surface area (Å²) in [6.45, 7) is 3.83. The first kappa shape index (κ1) is 9.62. The first-order chi connectivity index (χ1) is 5.41. The Morgan fingerprint density at radius 3 is 2.45 bits per heavy atom. The highest BCUT2D eigenvalue weighted by atomic mass is 15.1. The third kappa shape index (κ3) is 8.62. The second-order valence-electron chi connectivity index (χ2n) is 1.66. The van der Waals surface area contributed by atoms with Crippen molar-refractivity contribution >= 4 is 6.21 Å². The van der Waals surface area contributed by atoms with Crippen molar-refractivity contribution in [2.45, 2.75) is 13.8 Å². The molecule has 0 aliphatic carbocycles. The van der Waals surface area contributed by atoms with Crippen LogP contribution < -0.4 is 0 Å². The molecule has 0 radical (unpaired) electrons. The maximum absolute atomic E-state index is 3.78. The van der Waals surface area contributed by atoms with E-state index in [2.05, 4.69) is 15.2 Å². The van der Waals surface area contributed by atoms with Gasteiger partial charge >= 0.3 is 0 Å². The normalized spacial score (nSPS) is 10.0. The van der Waals surface area contributed by atoms with Gasteiger partial charge < -0.3 is 0 Å². The minimum Gasteiger partial charge on any atom is -0.286 e. The lowest BCUT2D eigenvalue weighted by Gasteiger charge is -1.64. The van der Waals surface area contributed by atoms with Crippen LogP contribution in [0.4, 0.5) is 0 Å². The Morgan fingerprint density at radius 1 is 1.45 bits per heavy atom. The lowest BCUT2D eigenvalue weighted by molar-refractivity contribution is 1.09. The van der Waals surface area contributed by atoms with Crippen molar-refractivity contribution in [2.75, 3.05) is 0 Å². The smallest absolute Gasteiger partial charge is 0.0487 e. The Morgan fingerprint density at radius 2 is 2.27 bits per heavy atom. The molecule has 1 aromatic heterocycles. The summed E-state index contributed by atoms with van der Waals surface area (Å²) >= 11 is 0. The monoisotopic (exact) mass is 151 g/mol. The van der Waals surface area contributed by atoms with E-state index in [0.29, 0.717) is 0 Å². The van der Waals surface area contributed by atoms with Crippen molar-refractivity contribution in [3.05, 3.63) is 30.7 Å². The number of aromatic nitrogens is 2. The summed E-state index contributed by atoms with van der Waals surface area (Å²) in [6, 6.07) is 1.83. The van der Waals surface area contributed by atoms with Gasteiger partial charge in [-0.15, -0.1) is 0 Å². The van der Waals surface area contributed by atoms with E-state index in [-0.39, 0.29) is 0 Å². The highest BCUT2D eigenvalue weighted by Crippen LogP contribution is 1.67. The van der Waals surface area contributed by atoms with Crippen LogP contribution in [-0.4, -0.2) is 16.4 Å². The summed E-state index contributed by atoms with van der Waals surface area (Å²) in [5.41, 5.74) is 0. The van der Waals surface area contributed by atoms with Gasteiger partial charge in [-0.1, -0.05) is 6.08 Å². The SMILES string of the molecule is CC=N/C=C\C.c1cn[nH]c1. The lowest BCUT2D eigenvalue weighted by atomic mass is 10.7. The molecular weight excluding hydrogens is 138 g/mol. The number of aromatic amines is 1. The molecule has 0 aliphatic rings. The van der Waals surface area contributed by atoms with E-state index in [1.54, 1.807) is 24.8 Å². The molecule has 0 atom stereocenters. The zero-order valence-corrected chi connectivity index (χ0v) is 6.86. The quantitative estimate of drug-likeness (QED) is 0.613. The van der Waals surface area contributed by atoms with Gasteiger partial charge in [0.25, 0.3) is 0 Å². The van der Waals surface area contributed by atoms with E-state index in [0.717, 1.165) is 0 Å². The molecule has 1 N–H and O–H groups in total. The minimum absolute atomic E-state index is 1.69. The number of hydrogen-bond acceptors (Lipinski definition) is 2. The van der Waals surface area contributed by atoms with E-state index in [1.165, 1.54) is 0 Å². The van der Waals surface area contributed by atoms with Crippen LogP contribution in [0, 0.1) is 0 Å². The molecular formula is C8H13N3. The molecule has 0 saturated heterocycles. The summed E-state index contributed by atoms with van der Waals surface area (Å²) in [4.78, 5) is 3.78. The summed E-state index contributed by atoms with van der Waals surface area (Å²) in [6.07, 6.45) is 8.85. The maximum atomic E-state index is 3.78. The number of nitrogens with zero attached hydrogens (tertiary/aromatic N) is 2. The summed E-state index contributed by atoms with van der Waals surface area (Å²) in [5, 5.41) is 6.21. The zero-order valence-electron chi connectivity index (χ0n) is 6.86. The fourth-order valence-electron chi connectivity index (χ4n) is 0.387. The van der Waals surface area contributed by atoms with Gasteiger partial charge in [0.05, 0.1) is 0 Å². The third-order valence-electron chi connectivity index (χ3n) is 0.790. The maximum Gasteiger partial charge on any atom is 0.0487 e. The van der Waals surface area contributed by atoms with Crippen LogP contribution in [0.15, 0.2) is 35.7 Å². The predicted octanol–water partition coefficient (Wildman–Crippen LogP) is 2.02. The van der Waals surface area contributed by atoms with Crippen molar-refractivity contribution in [3.63, 3.8) is 0 Å². The van der Waals surface area contributed by atoms with Crippen molar-refractivity contribution in [3.8, 4) is 0 Å². The van der Waals surface area contributed by atoms with E-state index >= 15 is 0 Å². The molecule has 11 heavy (non-hydrogen) atoms. The Labute approximate surface area is 66.9 Å². The first-order valence-corrected chi connectivity index (χ1v) is 3.44. The Kier molecular flexibility index (Phi) is 7.54. The van der Waals surface area contributed by atoms with E-state index in [4.69, 9.17) is 0 Å². The number of nitrogens with one attached hydrogen (secondary N) is 1. The fourth-order valence-corrected chi connectivity index (χ4v) is 0.387. The number of aliphatic imine (C=N–C) groups is 1. The molecule has 0 amide bonds. The average Bonchev–Trinajstić information content (AvgIpc) is 2.57. The topological polar surface area (TPSA) is 41.0 Å². The van der Waals surface area contributed by atoms with E-state index < -0.39 is 0 Å². The summed E-state index contributed by atoms with van der Waals surface area (Å²) in [5.74, 6) is 0. The molecule has 3 heteroatoms. The van der Waals surface area contributed by atoms with Crippen molar-refractivity contribution < 1.29 is 0 Å². The Bertz CT molecular complexity index is 160. The van der Waals surface area contributed by atoms with E-state index in [1.807, 2.05) is 26.0 Å². The Hall–Kier alpha value is -1.38. The van der Waals surface area contributed by atoms with Crippen LogP contribution in [-0.2, 0) is 0 Å². The molecule has 3 nitrogen and oxygen atoms in total. The van der Waals surface area contributed by atoms with Gasteiger partial charge in [-0.05, 0) is 19.9 Å². The fraction of sp³-hybridized carbons (Fsp3) is 0.250. The van der Waals surface area contributed by atoms with Crippen LogP contribution in [0.25, 0.3) is 0 Å². The molecule has 0 spiro atoms. The standard InChI is InChI=1S/C5H9N.C3H4N2/c1-3-5-6-4-2;1-2-4-5-3-1/h3-5H,1-2H3;1-3H,(H,4,5)/b5-3-,6-4?;. The molecule has 0 unspecified atom stereocenters. The molecule has 1 aromatic rings. The van der Waals surface area contributed by atoms with Crippen LogP contribution in [0.1, 0.15) is 13.8 Å². The average molecular weight is 151 g/mol. The van der Waals surface area contributed by atoms with Crippen molar-refractivity contribution in [1.82, 2.24) is 10.2 Å². The zero-order chi connectivity index (χ0) is 8.36. The van der Waals surface area contributed by atoms with E-state index in [9.17, 15) is 0 Å². The van der Waals surface area contributed by atoms with Gasteiger partial charge in [0.1, 0.15) is 0 Å². The van der Waals surface area contributed by atoms with Gasteiger partial charge in [-0.3, -0.25) is 10.1 Å². The number of H-pyrrole nitrogens is 1. The molecule has 1 heterocycles. The highest BCUT2D eigenvalue weighted by Gasteiger charge is 1.56. The Balaban J connectivity index is 0.000000183. The predicted molar refractivity (Wildman–Crippen MR) is 47.6 cm³/mol. The second-order valence-corrected chi connectivity index (χ2v) is 1.66. The second kappa shape index (κ2) is 8.62.